The predicted octanol–water partition coefficient (Wildman–Crippen LogP) is 3.31. The minimum absolute atomic E-state index is 0.180. The van der Waals surface area contributed by atoms with Gasteiger partial charge in [0.15, 0.2) is 0 Å². The smallest absolute Gasteiger partial charge is 0.407 e. The van der Waals surface area contributed by atoms with Gasteiger partial charge in [-0.05, 0) is 58.2 Å². The van der Waals surface area contributed by atoms with E-state index < -0.39 is 5.60 Å². The van der Waals surface area contributed by atoms with Gasteiger partial charge < -0.3 is 15.4 Å². The van der Waals surface area contributed by atoms with Gasteiger partial charge >= 0.3 is 6.09 Å². The van der Waals surface area contributed by atoms with Crippen LogP contribution in [0.2, 0.25) is 0 Å². The second-order valence-electron chi connectivity index (χ2n) is 6.58. The van der Waals surface area contributed by atoms with Crippen LogP contribution >= 0.6 is 0 Å². The van der Waals surface area contributed by atoms with Gasteiger partial charge in [-0.25, -0.2) is 4.79 Å². The van der Waals surface area contributed by atoms with E-state index in [1.54, 1.807) is 0 Å². The summed E-state index contributed by atoms with van der Waals surface area (Å²) in [7, 11) is 0. The van der Waals surface area contributed by atoms with Crippen molar-refractivity contribution >= 4 is 6.09 Å². The van der Waals surface area contributed by atoms with Crippen molar-refractivity contribution in [3.05, 3.63) is 34.9 Å². The first-order chi connectivity index (χ1) is 9.67. The minimum atomic E-state index is -0.458. The summed E-state index contributed by atoms with van der Waals surface area (Å²) < 4.78 is 5.20. The molecule has 21 heavy (non-hydrogen) atoms. The Morgan fingerprint density at radius 2 is 1.90 bits per heavy atom. The molecule has 118 valence electrons. The molecule has 4 heteroatoms. The van der Waals surface area contributed by atoms with E-state index in [-0.39, 0.29) is 12.1 Å². The Bertz CT molecular complexity index is 478. The van der Waals surface area contributed by atoms with E-state index in [1.165, 1.54) is 16.7 Å². The molecule has 4 nitrogen and oxygen atoms in total. The highest BCUT2D eigenvalue weighted by Gasteiger charge is 2.16. The maximum atomic E-state index is 11.6. The maximum Gasteiger partial charge on any atom is 0.407 e. The highest BCUT2D eigenvalue weighted by atomic mass is 16.6. The maximum absolute atomic E-state index is 11.6. The Kier molecular flexibility index (Phi) is 6.21. The number of carbonyl (C=O) groups excluding carboxylic acids is 1. The minimum Gasteiger partial charge on any atom is -0.444 e. The molecule has 1 aromatic rings. The summed E-state index contributed by atoms with van der Waals surface area (Å²) in [5, 5.41) is 6.17. The van der Waals surface area contributed by atoms with Gasteiger partial charge in [-0.2, -0.15) is 0 Å². The fourth-order valence-electron chi connectivity index (χ4n) is 1.83. The SMILES string of the molecule is Cc1ccc(CNC(C)CNC(=O)OC(C)(C)C)cc1C. The molecule has 0 saturated carbocycles. The second-order valence-corrected chi connectivity index (χ2v) is 6.58. The van der Waals surface area contributed by atoms with Gasteiger partial charge in [0.05, 0.1) is 0 Å². The number of alkyl carbamates (subject to hydrolysis) is 1. The third-order valence-electron chi connectivity index (χ3n) is 3.18. The summed E-state index contributed by atoms with van der Waals surface area (Å²) in [4.78, 5) is 11.6. The van der Waals surface area contributed by atoms with Crippen LogP contribution in [0, 0.1) is 13.8 Å². The van der Waals surface area contributed by atoms with Crippen molar-refractivity contribution in [2.24, 2.45) is 0 Å². The molecule has 1 amide bonds. The van der Waals surface area contributed by atoms with Crippen LogP contribution in [0.15, 0.2) is 18.2 Å². The van der Waals surface area contributed by atoms with Crippen LogP contribution in [0.25, 0.3) is 0 Å². The highest BCUT2D eigenvalue weighted by Crippen LogP contribution is 2.09. The van der Waals surface area contributed by atoms with Gasteiger partial charge in [-0.15, -0.1) is 0 Å². The average molecular weight is 292 g/mol. The molecule has 0 aliphatic heterocycles. The lowest BCUT2D eigenvalue weighted by Crippen LogP contribution is -2.41. The molecule has 0 aromatic heterocycles. The van der Waals surface area contributed by atoms with Crippen molar-refractivity contribution in [1.82, 2.24) is 10.6 Å². The Labute approximate surface area is 128 Å². The molecule has 0 bridgehead atoms. The van der Waals surface area contributed by atoms with Crippen LogP contribution in [-0.2, 0) is 11.3 Å². The normalized spacial score (nSPS) is 12.9. The number of carbonyl (C=O) groups is 1. The Hall–Kier alpha value is -1.55. The average Bonchev–Trinajstić information content (AvgIpc) is 2.36. The first-order valence-corrected chi connectivity index (χ1v) is 7.44. The zero-order chi connectivity index (χ0) is 16.0. The molecule has 2 N–H and O–H groups in total. The van der Waals surface area contributed by atoms with Crippen molar-refractivity contribution in [3.8, 4) is 0 Å². The first-order valence-electron chi connectivity index (χ1n) is 7.44. The lowest BCUT2D eigenvalue weighted by molar-refractivity contribution is 0.0523. The fraction of sp³-hybridized carbons (Fsp3) is 0.588. The predicted molar refractivity (Wildman–Crippen MR) is 86.5 cm³/mol. The van der Waals surface area contributed by atoms with E-state index in [0.717, 1.165) is 6.54 Å². The highest BCUT2D eigenvalue weighted by molar-refractivity contribution is 5.67. The number of nitrogens with one attached hydrogen (secondary N) is 2. The molecule has 0 aliphatic rings. The second kappa shape index (κ2) is 7.46. The molecule has 0 aliphatic carbocycles. The lowest BCUT2D eigenvalue weighted by Gasteiger charge is -2.21. The third-order valence-corrected chi connectivity index (χ3v) is 3.18. The van der Waals surface area contributed by atoms with Gasteiger partial charge in [0.2, 0.25) is 0 Å². The first kappa shape index (κ1) is 17.5. The van der Waals surface area contributed by atoms with Crippen molar-refractivity contribution in [3.63, 3.8) is 0 Å². The standard InChI is InChI=1S/C17H28N2O2/c1-12-7-8-15(9-13(12)2)11-18-14(3)10-19-16(20)21-17(4,5)6/h7-9,14,18H,10-11H2,1-6H3,(H,19,20). The quantitative estimate of drug-likeness (QED) is 0.875. The molecule has 1 unspecified atom stereocenters. The topological polar surface area (TPSA) is 50.4 Å². The van der Waals surface area contributed by atoms with Crippen molar-refractivity contribution in [1.29, 1.82) is 0 Å². The number of amides is 1. The van der Waals surface area contributed by atoms with Crippen LogP contribution in [-0.4, -0.2) is 24.3 Å². The van der Waals surface area contributed by atoms with E-state index >= 15 is 0 Å². The van der Waals surface area contributed by atoms with Crippen LogP contribution in [0.3, 0.4) is 0 Å². The zero-order valence-electron chi connectivity index (χ0n) is 14.0. The molecular weight excluding hydrogens is 264 g/mol. The lowest BCUT2D eigenvalue weighted by atomic mass is 10.1. The van der Waals surface area contributed by atoms with Gasteiger partial charge in [0.25, 0.3) is 0 Å². The summed E-state index contributed by atoms with van der Waals surface area (Å²) in [6.07, 6.45) is -0.373. The molecule has 0 fully saturated rings. The van der Waals surface area contributed by atoms with Crippen LogP contribution in [0.4, 0.5) is 4.79 Å². The van der Waals surface area contributed by atoms with E-state index in [4.69, 9.17) is 4.74 Å². The number of benzene rings is 1. The van der Waals surface area contributed by atoms with Crippen LogP contribution in [0.5, 0.6) is 0 Å². The van der Waals surface area contributed by atoms with E-state index in [9.17, 15) is 4.79 Å². The van der Waals surface area contributed by atoms with E-state index in [2.05, 4.69) is 42.7 Å². The molecule has 0 spiro atoms. The molecular formula is C17H28N2O2. The zero-order valence-corrected chi connectivity index (χ0v) is 14.0. The number of rotatable bonds is 5. The number of hydrogen-bond donors (Lipinski definition) is 2. The summed E-state index contributed by atoms with van der Waals surface area (Å²) in [5.74, 6) is 0. The Morgan fingerprint density at radius 3 is 2.48 bits per heavy atom. The summed E-state index contributed by atoms with van der Waals surface area (Å²) >= 11 is 0. The van der Waals surface area contributed by atoms with Crippen molar-refractivity contribution in [2.45, 2.75) is 59.7 Å². The number of hydrogen-bond acceptors (Lipinski definition) is 3. The largest absolute Gasteiger partial charge is 0.444 e. The molecule has 1 rings (SSSR count). The molecule has 1 aromatic carbocycles. The van der Waals surface area contributed by atoms with Crippen molar-refractivity contribution < 1.29 is 9.53 Å². The third kappa shape index (κ3) is 7.14. The van der Waals surface area contributed by atoms with Gasteiger partial charge in [-0.1, -0.05) is 18.2 Å². The summed E-state index contributed by atoms with van der Waals surface area (Å²) in [5.41, 5.74) is 3.40. The Morgan fingerprint density at radius 1 is 1.24 bits per heavy atom. The molecule has 0 heterocycles. The fourth-order valence-corrected chi connectivity index (χ4v) is 1.83. The number of aryl methyl sites for hydroxylation is 2. The monoisotopic (exact) mass is 292 g/mol. The van der Waals surface area contributed by atoms with Crippen molar-refractivity contribution in [2.75, 3.05) is 6.54 Å². The van der Waals surface area contributed by atoms with Crippen LogP contribution in [0.1, 0.15) is 44.4 Å². The van der Waals surface area contributed by atoms with E-state index in [1.807, 2.05) is 27.7 Å². The van der Waals surface area contributed by atoms with Gasteiger partial charge in [0, 0.05) is 19.1 Å². The summed E-state index contributed by atoms with van der Waals surface area (Å²) in [6, 6.07) is 6.63. The van der Waals surface area contributed by atoms with Gasteiger partial charge in [-0.3, -0.25) is 0 Å². The van der Waals surface area contributed by atoms with Gasteiger partial charge in [0.1, 0.15) is 5.60 Å². The summed E-state index contributed by atoms with van der Waals surface area (Å²) in [6.45, 7) is 13.2. The molecule has 1 atom stereocenters. The molecule has 0 radical (unpaired) electrons. The van der Waals surface area contributed by atoms with E-state index in [0.29, 0.717) is 6.54 Å². The Balaban J connectivity index is 2.32. The van der Waals surface area contributed by atoms with Crippen LogP contribution < -0.4 is 10.6 Å². The molecule has 0 saturated heterocycles. The number of ether oxygens (including phenoxy) is 1.